The smallest absolute Gasteiger partial charge is 0.159 e. The molecule has 0 fully saturated rings. The van der Waals surface area contributed by atoms with Gasteiger partial charge in [-0.3, -0.25) is 9.89 Å². The Hall–Kier alpha value is -3.61. The van der Waals surface area contributed by atoms with E-state index in [4.69, 9.17) is 5.73 Å². The molecule has 2 aromatic heterocycles. The standard InChI is InChI=1S/C21H18FN5O/c1-12-5-6-17(22)14(7-12)9-15(28)8-13-10-24-21(25-11-13)16-3-2-4-18-19(16)20(23)27-26-18/h2-7,10-11H,8-9H2,1H3,(H3,23,26,27). The third-order valence-electron chi connectivity index (χ3n) is 4.55. The first kappa shape index (κ1) is 17.8. The largest absolute Gasteiger partial charge is 0.382 e. The number of aromatic amines is 1. The molecule has 2 aromatic carbocycles. The fraction of sp³-hybridized carbons (Fsp3) is 0.143. The minimum absolute atomic E-state index is 0.0418. The highest BCUT2D eigenvalue weighted by Gasteiger charge is 2.13. The number of fused-ring (bicyclic) bond motifs is 1. The number of aryl methyl sites for hydroxylation is 1. The summed E-state index contributed by atoms with van der Waals surface area (Å²) in [6.07, 6.45) is 3.41. The van der Waals surface area contributed by atoms with E-state index in [1.807, 2.05) is 25.1 Å². The molecule has 140 valence electrons. The number of nitrogens with one attached hydrogen (secondary N) is 1. The zero-order chi connectivity index (χ0) is 19.7. The lowest BCUT2D eigenvalue weighted by Crippen LogP contribution is -2.09. The molecular weight excluding hydrogens is 357 g/mol. The predicted octanol–water partition coefficient (Wildman–Crippen LogP) is 3.40. The van der Waals surface area contributed by atoms with E-state index < -0.39 is 0 Å². The number of rotatable bonds is 5. The van der Waals surface area contributed by atoms with Crippen molar-refractivity contribution in [3.05, 3.63) is 71.3 Å². The Morgan fingerprint density at radius 3 is 2.71 bits per heavy atom. The van der Waals surface area contributed by atoms with Crippen molar-refractivity contribution >= 4 is 22.5 Å². The fourth-order valence-electron chi connectivity index (χ4n) is 3.21. The van der Waals surface area contributed by atoms with Gasteiger partial charge < -0.3 is 5.73 Å². The van der Waals surface area contributed by atoms with Crippen LogP contribution in [-0.4, -0.2) is 25.9 Å². The fourth-order valence-corrected chi connectivity index (χ4v) is 3.21. The van der Waals surface area contributed by atoms with Gasteiger partial charge in [-0.15, -0.1) is 0 Å². The molecule has 0 saturated carbocycles. The van der Waals surface area contributed by atoms with Crippen molar-refractivity contribution in [3.63, 3.8) is 0 Å². The molecule has 0 atom stereocenters. The second-order valence-electron chi connectivity index (χ2n) is 6.74. The highest BCUT2D eigenvalue weighted by atomic mass is 19.1. The third-order valence-corrected chi connectivity index (χ3v) is 4.55. The number of hydrogen-bond donors (Lipinski definition) is 2. The highest BCUT2D eigenvalue weighted by Crippen LogP contribution is 2.28. The van der Waals surface area contributed by atoms with Crippen LogP contribution in [0.5, 0.6) is 0 Å². The normalized spacial score (nSPS) is 11.1. The summed E-state index contributed by atoms with van der Waals surface area (Å²) >= 11 is 0. The zero-order valence-corrected chi connectivity index (χ0v) is 15.2. The first-order chi connectivity index (χ1) is 13.5. The monoisotopic (exact) mass is 375 g/mol. The SMILES string of the molecule is Cc1ccc(F)c(CC(=O)Cc2cnc(-c3cccc4[nH]nc(N)c34)nc2)c1. The lowest BCUT2D eigenvalue weighted by atomic mass is 10.0. The molecule has 6 nitrogen and oxygen atoms in total. The summed E-state index contributed by atoms with van der Waals surface area (Å²) < 4.78 is 13.8. The molecule has 0 bridgehead atoms. The Labute approximate surface area is 160 Å². The number of nitrogen functional groups attached to an aromatic ring is 1. The van der Waals surface area contributed by atoms with Gasteiger partial charge in [0.25, 0.3) is 0 Å². The van der Waals surface area contributed by atoms with Gasteiger partial charge >= 0.3 is 0 Å². The molecule has 3 N–H and O–H groups in total. The lowest BCUT2D eigenvalue weighted by Gasteiger charge is -2.06. The van der Waals surface area contributed by atoms with Crippen molar-refractivity contribution < 1.29 is 9.18 Å². The van der Waals surface area contributed by atoms with E-state index in [-0.39, 0.29) is 24.4 Å². The zero-order valence-electron chi connectivity index (χ0n) is 15.2. The van der Waals surface area contributed by atoms with Gasteiger partial charge in [-0.05, 0) is 30.2 Å². The van der Waals surface area contributed by atoms with Gasteiger partial charge in [-0.25, -0.2) is 14.4 Å². The number of ketones is 1. The number of carbonyl (C=O) groups excluding carboxylic acids is 1. The number of hydrogen-bond acceptors (Lipinski definition) is 5. The summed E-state index contributed by atoms with van der Waals surface area (Å²) in [6, 6.07) is 10.4. The molecule has 28 heavy (non-hydrogen) atoms. The Morgan fingerprint density at radius 2 is 1.93 bits per heavy atom. The average Bonchev–Trinajstić information content (AvgIpc) is 3.07. The van der Waals surface area contributed by atoms with E-state index in [1.165, 1.54) is 6.07 Å². The number of aromatic nitrogens is 4. The van der Waals surface area contributed by atoms with E-state index in [0.29, 0.717) is 22.8 Å². The molecule has 0 saturated heterocycles. The maximum atomic E-state index is 13.8. The number of nitrogens with two attached hydrogens (primary N) is 1. The number of halogens is 1. The molecule has 0 spiro atoms. The van der Waals surface area contributed by atoms with Crippen LogP contribution in [0.1, 0.15) is 16.7 Å². The maximum absolute atomic E-state index is 13.8. The van der Waals surface area contributed by atoms with E-state index in [9.17, 15) is 9.18 Å². The van der Waals surface area contributed by atoms with Gasteiger partial charge in [0, 0.05) is 30.8 Å². The molecule has 0 aliphatic heterocycles. The molecule has 0 aliphatic rings. The second kappa shape index (κ2) is 7.19. The number of benzene rings is 2. The number of Topliss-reactive ketones (excluding diaryl/α,β-unsaturated/α-hetero) is 1. The minimum Gasteiger partial charge on any atom is -0.382 e. The number of anilines is 1. The summed E-state index contributed by atoms with van der Waals surface area (Å²) in [6.45, 7) is 1.87. The van der Waals surface area contributed by atoms with Crippen LogP contribution in [-0.2, 0) is 17.6 Å². The summed E-state index contributed by atoms with van der Waals surface area (Å²) in [5.74, 6) is 0.423. The Balaban J connectivity index is 1.52. The second-order valence-corrected chi connectivity index (χ2v) is 6.74. The molecule has 0 amide bonds. The van der Waals surface area contributed by atoms with Gasteiger partial charge in [-0.2, -0.15) is 5.10 Å². The molecule has 0 aliphatic carbocycles. The first-order valence-electron chi connectivity index (χ1n) is 8.82. The molecular formula is C21H18FN5O. The van der Waals surface area contributed by atoms with Gasteiger partial charge in [0.2, 0.25) is 0 Å². The average molecular weight is 375 g/mol. The summed E-state index contributed by atoms with van der Waals surface area (Å²) in [4.78, 5) is 21.1. The van der Waals surface area contributed by atoms with E-state index in [1.54, 1.807) is 24.5 Å². The Bertz CT molecular complexity index is 1170. The van der Waals surface area contributed by atoms with Gasteiger partial charge in [0.15, 0.2) is 11.6 Å². The van der Waals surface area contributed by atoms with E-state index >= 15 is 0 Å². The van der Waals surface area contributed by atoms with Gasteiger partial charge in [0.05, 0.1) is 10.9 Å². The number of carbonyl (C=O) groups is 1. The summed E-state index contributed by atoms with van der Waals surface area (Å²) in [5, 5.41) is 7.64. The predicted molar refractivity (Wildman–Crippen MR) is 105 cm³/mol. The Morgan fingerprint density at radius 1 is 1.14 bits per heavy atom. The molecule has 4 rings (SSSR count). The molecule has 7 heteroatoms. The summed E-state index contributed by atoms with van der Waals surface area (Å²) in [7, 11) is 0. The van der Waals surface area contributed by atoms with Crippen molar-refractivity contribution in [1.82, 2.24) is 20.2 Å². The molecule has 0 unspecified atom stereocenters. The van der Waals surface area contributed by atoms with Crippen LogP contribution in [0, 0.1) is 12.7 Å². The van der Waals surface area contributed by atoms with Crippen LogP contribution in [0.2, 0.25) is 0 Å². The van der Waals surface area contributed by atoms with Crippen molar-refractivity contribution in [2.45, 2.75) is 19.8 Å². The van der Waals surface area contributed by atoms with Crippen molar-refractivity contribution in [3.8, 4) is 11.4 Å². The Kier molecular flexibility index (Phi) is 4.57. The summed E-state index contributed by atoms with van der Waals surface area (Å²) in [5.41, 5.74) is 9.51. The van der Waals surface area contributed by atoms with Crippen molar-refractivity contribution in [2.75, 3.05) is 5.73 Å². The van der Waals surface area contributed by atoms with Crippen molar-refractivity contribution in [2.24, 2.45) is 0 Å². The van der Waals surface area contributed by atoms with Crippen LogP contribution in [0.15, 0.2) is 48.8 Å². The van der Waals surface area contributed by atoms with E-state index in [0.717, 1.165) is 22.0 Å². The van der Waals surface area contributed by atoms with Crippen LogP contribution >= 0.6 is 0 Å². The minimum atomic E-state index is -0.364. The number of H-pyrrole nitrogens is 1. The van der Waals surface area contributed by atoms with Crippen LogP contribution < -0.4 is 5.73 Å². The van der Waals surface area contributed by atoms with Gasteiger partial charge in [-0.1, -0.05) is 29.8 Å². The quantitative estimate of drug-likeness (QED) is 0.557. The lowest BCUT2D eigenvalue weighted by molar-refractivity contribution is -0.117. The molecule has 0 radical (unpaired) electrons. The van der Waals surface area contributed by atoms with E-state index in [2.05, 4.69) is 20.2 Å². The third kappa shape index (κ3) is 3.46. The maximum Gasteiger partial charge on any atom is 0.159 e. The van der Waals surface area contributed by atoms with Crippen molar-refractivity contribution in [1.29, 1.82) is 0 Å². The van der Waals surface area contributed by atoms with Crippen LogP contribution in [0.25, 0.3) is 22.3 Å². The molecule has 2 heterocycles. The first-order valence-corrected chi connectivity index (χ1v) is 8.82. The van der Waals surface area contributed by atoms with Gasteiger partial charge in [0.1, 0.15) is 11.6 Å². The van der Waals surface area contributed by atoms with Crippen LogP contribution in [0.4, 0.5) is 10.2 Å². The number of nitrogens with zero attached hydrogens (tertiary/aromatic N) is 3. The highest BCUT2D eigenvalue weighted by molar-refractivity contribution is 6.00. The topological polar surface area (TPSA) is 97.5 Å². The molecule has 4 aromatic rings. The van der Waals surface area contributed by atoms with Crippen LogP contribution in [0.3, 0.4) is 0 Å².